The summed E-state index contributed by atoms with van der Waals surface area (Å²) in [5, 5.41) is 7.17. The van der Waals surface area contributed by atoms with Crippen LogP contribution in [-0.4, -0.2) is 6.04 Å². The van der Waals surface area contributed by atoms with Gasteiger partial charge in [0.2, 0.25) is 0 Å². The topological polar surface area (TPSA) is 24.1 Å². The molecule has 0 radical (unpaired) electrons. The second-order valence-electron chi connectivity index (χ2n) is 13.7. The second kappa shape index (κ2) is 21.3. The fourth-order valence-electron chi connectivity index (χ4n) is 6.53. The first-order valence-corrected chi connectivity index (χ1v) is 18.4. The number of anilines is 3. The molecule has 4 rings (SSSR count). The maximum absolute atomic E-state index is 3.70. The fraction of sp³-hybridized carbons (Fsp3) is 0.455. The Hall–Kier alpha value is -3.52. The molecule has 4 aromatic carbocycles. The normalized spacial score (nSPS) is 12.5. The highest BCUT2D eigenvalue weighted by Gasteiger charge is 2.06. The number of hydrogen-bond donors (Lipinski definition) is 2. The van der Waals surface area contributed by atoms with Crippen molar-refractivity contribution in [2.24, 2.45) is 5.92 Å². The lowest BCUT2D eigenvalue weighted by Gasteiger charge is -2.15. The number of unbranched alkanes of at least 4 members (excludes halogenated alkanes) is 11. The Balaban J connectivity index is 0.908. The first-order chi connectivity index (χ1) is 22.6. The molecule has 0 heterocycles. The number of hydrogen-bond acceptors (Lipinski definition) is 2. The van der Waals surface area contributed by atoms with Gasteiger partial charge in [-0.2, -0.15) is 0 Å². The number of nitrogens with one attached hydrogen (secondary N) is 2. The molecule has 2 N–H and O–H groups in total. The summed E-state index contributed by atoms with van der Waals surface area (Å²) in [5.41, 5.74) is 7.74. The maximum atomic E-state index is 3.70. The summed E-state index contributed by atoms with van der Waals surface area (Å²) in [5.74, 6) is 0.759. The Morgan fingerprint density at radius 3 is 1.43 bits per heavy atom. The third-order valence-corrected chi connectivity index (χ3v) is 9.30. The quantitative estimate of drug-likeness (QED) is 0.0810. The lowest BCUT2D eigenvalue weighted by molar-refractivity contribution is 0.476. The van der Waals surface area contributed by atoms with Gasteiger partial charge in [-0.1, -0.05) is 163 Å². The first kappa shape index (κ1) is 35.3. The Kier molecular flexibility index (Phi) is 16.4. The van der Waals surface area contributed by atoms with E-state index in [1.54, 1.807) is 0 Å². The van der Waals surface area contributed by atoms with E-state index < -0.39 is 0 Å². The predicted molar refractivity (Wildman–Crippen MR) is 202 cm³/mol. The number of rotatable bonds is 23. The molecule has 0 aliphatic carbocycles. The van der Waals surface area contributed by atoms with E-state index >= 15 is 0 Å². The summed E-state index contributed by atoms with van der Waals surface area (Å²) in [6.45, 7) is 4.74. The molecule has 0 saturated carbocycles. The molecule has 46 heavy (non-hydrogen) atoms. The van der Waals surface area contributed by atoms with Crippen LogP contribution in [0.4, 0.5) is 17.1 Å². The highest BCUT2D eigenvalue weighted by molar-refractivity contribution is 5.59. The molecule has 2 atom stereocenters. The van der Waals surface area contributed by atoms with Gasteiger partial charge in [-0.25, -0.2) is 0 Å². The molecule has 0 aliphatic heterocycles. The highest BCUT2D eigenvalue weighted by atomic mass is 14.9. The van der Waals surface area contributed by atoms with Crippen LogP contribution in [0, 0.1) is 5.92 Å². The largest absolute Gasteiger partial charge is 0.383 e. The van der Waals surface area contributed by atoms with Crippen LogP contribution in [0.5, 0.6) is 0 Å². The molecule has 0 spiro atoms. The van der Waals surface area contributed by atoms with Crippen LogP contribution in [0.3, 0.4) is 0 Å². The van der Waals surface area contributed by atoms with Crippen molar-refractivity contribution in [3.63, 3.8) is 0 Å². The van der Waals surface area contributed by atoms with Gasteiger partial charge in [0, 0.05) is 23.1 Å². The first-order valence-electron chi connectivity index (χ1n) is 18.4. The van der Waals surface area contributed by atoms with Crippen LogP contribution in [0.1, 0.15) is 120 Å². The molecular formula is C44H60N2. The summed E-state index contributed by atoms with van der Waals surface area (Å²) >= 11 is 0. The highest BCUT2D eigenvalue weighted by Crippen LogP contribution is 2.21. The van der Waals surface area contributed by atoms with E-state index in [0.717, 1.165) is 23.7 Å². The average Bonchev–Trinajstić information content (AvgIpc) is 3.07. The minimum Gasteiger partial charge on any atom is -0.383 e. The fourth-order valence-corrected chi connectivity index (χ4v) is 6.53. The second-order valence-corrected chi connectivity index (χ2v) is 13.7. The predicted octanol–water partition coefficient (Wildman–Crippen LogP) is 13.2. The standard InChI is InChI=1S/C44H60N2/c1-37(35-40-27-33-44(34-28-40)46-42-25-19-14-20-26-42)21-15-11-9-7-5-3-4-6-8-10-12-16-22-38(2)45-43-31-29-41(30-32-43)36-39-23-17-13-18-24-39/h13-14,17-20,23-34,37-38,45-46H,3-12,15-16,21-22,35-36H2,1-2H3. The minimum atomic E-state index is 0.531. The van der Waals surface area contributed by atoms with Crippen molar-refractivity contribution < 1.29 is 0 Å². The summed E-state index contributed by atoms with van der Waals surface area (Å²) < 4.78 is 0. The SMILES string of the molecule is CC(CCCCCCCCCCCCCCC(C)Nc1ccc(Cc2ccccc2)cc1)Cc1ccc(Nc2ccccc2)cc1. The van der Waals surface area contributed by atoms with Gasteiger partial charge in [0.15, 0.2) is 0 Å². The van der Waals surface area contributed by atoms with Crippen LogP contribution in [-0.2, 0) is 12.8 Å². The van der Waals surface area contributed by atoms with Crippen molar-refractivity contribution in [3.8, 4) is 0 Å². The summed E-state index contributed by atoms with van der Waals surface area (Å²) in [7, 11) is 0. The van der Waals surface area contributed by atoms with E-state index in [1.807, 2.05) is 0 Å². The Labute approximate surface area is 281 Å². The monoisotopic (exact) mass is 616 g/mol. The zero-order valence-corrected chi connectivity index (χ0v) is 28.9. The van der Waals surface area contributed by atoms with E-state index in [2.05, 4.69) is 134 Å². The van der Waals surface area contributed by atoms with Crippen molar-refractivity contribution in [1.29, 1.82) is 0 Å². The number of para-hydroxylation sites is 1. The smallest absolute Gasteiger partial charge is 0.0384 e. The molecule has 0 amide bonds. The van der Waals surface area contributed by atoms with E-state index in [4.69, 9.17) is 0 Å². The van der Waals surface area contributed by atoms with Crippen LogP contribution in [0.2, 0.25) is 0 Å². The molecule has 0 aromatic heterocycles. The molecule has 0 bridgehead atoms. The van der Waals surface area contributed by atoms with Crippen molar-refractivity contribution in [3.05, 3.63) is 126 Å². The van der Waals surface area contributed by atoms with Crippen molar-refractivity contribution in [2.75, 3.05) is 10.6 Å². The van der Waals surface area contributed by atoms with Crippen LogP contribution >= 0.6 is 0 Å². The zero-order chi connectivity index (χ0) is 32.1. The molecule has 0 aliphatic rings. The molecule has 246 valence electrons. The van der Waals surface area contributed by atoms with Gasteiger partial charge in [0.05, 0.1) is 0 Å². The summed E-state index contributed by atoms with van der Waals surface area (Å²) in [6.07, 6.45) is 21.6. The van der Waals surface area contributed by atoms with Gasteiger partial charge in [0.25, 0.3) is 0 Å². The lowest BCUT2D eigenvalue weighted by Crippen LogP contribution is -2.14. The van der Waals surface area contributed by atoms with Crippen LogP contribution in [0.15, 0.2) is 109 Å². The number of benzene rings is 4. The van der Waals surface area contributed by atoms with Crippen LogP contribution < -0.4 is 10.6 Å². The van der Waals surface area contributed by atoms with Gasteiger partial charge >= 0.3 is 0 Å². The third-order valence-electron chi connectivity index (χ3n) is 9.30. The summed E-state index contributed by atoms with van der Waals surface area (Å²) in [4.78, 5) is 0. The Morgan fingerprint density at radius 1 is 0.413 bits per heavy atom. The van der Waals surface area contributed by atoms with Gasteiger partial charge in [-0.15, -0.1) is 0 Å². The molecule has 2 heteroatoms. The van der Waals surface area contributed by atoms with Gasteiger partial charge in [-0.05, 0) is 85.2 Å². The molecule has 2 nitrogen and oxygen atoms in total. The molecule has 2 unspecified atom stereocenters. The Bertz CT molecular complexity index is 1190. The zero-order valence-electron chi connectivity index (χ0n) is 28.9. The molecule has 0 saturated heterocycles. The van der Waals surface area contributed by atoms with Crippen molar-refractivity contribution in [2.45, 2.75) is 123 Å². The average molecular weight is 617 g/mol. The summed E-state index contributed by atoms with van der Waals surface area (Å²) in [6, 6.07) is 39.6. The van der Waals surface area contributed by atoms with Crippen molar-refractivity contribution in [1.82, 2.24) is 0 Å². The molecule has 4 aromatic rings. The third kappa shape index (κ3) is 14.7. The maximum Gasteiger partial charge on any atom is 0.0384 e. The van der Waals surface area contributed by atoms with E-state index in [1.165, 1.54) is 119 Å². The Morgan fingerprint density at radius 2 is 0.848 bits per heavy atom. The van der Waals surface area contributed by atoms with Gasteiger partial charge in [-0.3, -0.25) is 0 Å². The van der Waals surface area contributed by atoms with E-state index in [-0.39, 0.29) is 0 Å². The molecular weight excluding hydrogens is 556 g/mol. The van der Waals surface area contributed by atoms with Gasteiger partial charge < -0.3 is 10.6 Å². The van der Waals surface area contributed by atoms with E-state index in [0.29, 0.717) is 6.04 Å². The van der Waals surface area contributed by atoms with Crippen molar-refractivity contribution >= 4 is 17.1 Å². The lowest BCUT2D eigenvalue weighted by atomic mass is 9.95. The van der Waals surface area contributed by atoms with Crippen LogP contribution in [0.25, 0.3) is 0 Å². The molecule has 0 fully saturated rings. The van der Waals surface area contributed by atoms with E-state index in [9.17, 15) is 0 Å². The minimum absolute atomic E-state index is 0.531. The van der Waals surface area contributed by atoms with Gasteiger partial charge in [0.1, 0.15) is 0 Å².